The fourth-order valence-electron chi connectivity index (χ4n) is 5.84. The molecule has 2 N–H and O–H groups in total. The van der Waals surface area contributed by atoms with Crippen molar-refractivity contribution in [3.63, 3.8) is 0 Å². The van der Waals surface area contributed by atoms with Gasteiger partial charge in [0.05, 0.1) is 13.5 Å². The number of aromatic nitrogens is 3. The molecule has 8 heteroatoms. The molecule has 2 aromatic rings. The highest BCUT2D eigenvalue weighted by atomic mass is 16.5. The number of likely N-dealkylation sites (tertiary alicyclic amines) is 1. The SMILES string of the molecule is COc1ccc([C@H]2CCC[C@H]3[C@@H]4C[C@@H](CN(C(=O)Cc5n[nH]c(=O)[nH]5)C4)CN23)cc1. The third-order valence-corrected chi connectivity index (χ3v) is 7.11. The van der Waals surface area contributed by atoms with Crippen LogP contribution in [-0.2, 0) is 11.2 Å². The topological polar surface area (TPSA) is 94.3 Å². The van der Waals surface area contributed by atoms with Crippen molar-refractivity contribution in [2.75, 3.05) is 26.7 Å². The minimum atomic E-state index is -0.365. The molecule has 4 heterocycles. The van der Waals surface area contributed by atoms with Gasteiger partial charge in [-0.25, -0.2) is 9.89 Å². The third-order valence-electron chi connectivity index (χ3n) is 7.11. The molecular weight excluding hydrogens is 382 g/mol. The molecule has 5 rings (SSSR count). The number of benzene rings is 1. The van der Waals surface area contributed by atoms with Crippen LogP contribution in [0.1, 0.15) is 43.1 Å². The summed E-state index contributed by atoms with van der Waals surface area (Å²) in [6, 6.07) is 9.51. The Labute approximate surface area is 175 Å². The number of amides is 1. The molecule has 0 radical (unpaired) electrons. The van der Waals surface area contributed by atoms with Crippen LogP contribution < -0.4 is 10.4 Å². The molecule has 160 valence electrons. The number of carbonyl (C=O) groups excluding carboxylic acids is 1. The quantitative estimate of drug-likeness (QED) is 0.799. The molecule has 30 heavy (non-hydrogen) atoms. The minimum absolute atomic E-state index is 0.0587. The van der Waals surface area contributed by atoms with Crippen LogP contribution in [0.4, 0.5) is 0 Å². The maximum Gasteiger partial charge on any atom is 0.340 e. The van der Waals surface area contributed by atoms with Crippen LogP contribution in [0, 0.1) is 11.8 Å². The van der Waals surface area contributed by atoms with Crippen molar-refractivity contribution >= 4 is 5.91 Å². The lowest BCUT2D eigenvalue weighted by Crippen LogP contribution is -2.60. The van der Waals surface area contributed by atoms with E-state index in [1.807, 2.05) is 4.90 Å². The van der Waals surface area contributed by atoms with Gasteiger partial charge in [-0.3, -0.25) is 14.7 Å². The number of nitrogens with one attached hydrogen (secondary N) is 2. The first-order valence-corrected chi connectivity index (χ1v) is 10.9. The highest BCUT2D eigenvalue weighted by Crippen LogP contribution is 2.44. The van der Waals surface area contributed by atoms with Crippen LogP contribution >= 0.6 is 0 Å². The number of rotatable bonds is 4. The zero-order valence-electron chi connectivity index (χ0n) is 17.3. The van der Waals surface area contributed by atoms with Crippen LogP contribution in [0.15, 0.2) is 29.1 Å². The molecular formula is C22H29N5O3. The Morgan fingerprint density at radius 2 is 2.03 bits per heavy atom. The zero-order chi connectivity index (χ0) is 20.7. The number of fused-ring (bicyclic) bond motifs is 4. The van der Waals surface area contributed by atoms with Gasteiger partial charge < -0.3 is 9.64 Å². The number of methoxy groups -OCH3 is 1. The normalized spacial score (nSPS) is 28.8. The molecule has 3 aliphatic rings. The average molecular weight is 412 g/mol. The summed E-state index contributed by atoms with van der Waals surface area (Å²) in [6.45, 7) is 2.64. The van der Waals surface area contributed by atoms with Crippen molar-refractivity contribution in [1.29, 1.82) is 0 Å². The summed E-state index contributed by atoms with van der Waals surface area (Å²) in [5.41, 5.74) is 1.01. The first-order chi connectivity index (χ1) is 14.6. The van der Waals surface area contributed by atoms with Crippen molar-refractivity contribution < 1.29 is 9.53 Å². The number of nitrogens with zero attached hydrogens (tertiary/aromatic N) is 3. The van der Waals surface area contributed by atoms with E-state index in [0.717, 1.165) is 25.4 Å². The molecule has 1 aromatic carbocycles. The summed E-state index contributed by atoms with van der Waals surface area (Å²) >= 11 is 0. The lowest BCUT2D eigenvalue weighted by Gasteiger charge is -2.55. The maximum absolute atomic E-state index is 12.8. The van der Waals surface area contributed by atoms with Crippen LogP contribution in [0.2, 0.25) is 0 Å². The summed E-state index contributed by atoms with van der Waals surface area (Å²) in [5.74, 6) is 2.39. The van der Waals surface area contributed by atoms with Crippen molar-refractivity contribution in [2.45, 2.75) is 44.2 Å². The van der Waals surface area contributed by atoms with Crippen molar-refractivity contribution in [2.24, 2.45) is 11.8 Å². The second-order valence-electron chi connectivity index (χ2n) is 8.95. The first-order valence-electron chi connectivity index (χ1n) is 10.9. The van der Waals surface area contributed by atoms with Gasteiger partial charge in [0.1, 0.15) is 11.6 Å². The molecule has 0 spiro atoms. The van der Waals surface area contributed by atoms with E-state index in [1.54, 1.807) is 7.11 Å². The van der Waals surface area contributed by atoms with Crippen LogP contribution in [0.5, 0.6) is 5.75 Å². The number of aromatic amines is 2. The van der Waals surface area contributed by atoms with Crippen molar-refractivity contribution in [3.8, 4) is 5.75 Å². The average Bonchev–Trinajstić information content (AvgIpc) is 3.18. The zero-order valence-corrected chi connectivity index (χ0v) is 17.3. The predicted octanol–water partition coefficient (Wildman–Crippen LogP) is 1.72. The second kappa shape index (κ2) is 7.91. The van der Waals surface area contributed by atoms with Gasteiger partial charge in [0.25, 0.3) is 0 Å². The number of hydrogen-bond donors (Lipinski definition) is 2. The third kappa shape index (κ3) is 3.64. The Morgan fingerprint density at radius 1 is 1.20 bits per heavy atom. The molecule has 4 atom stereocenters. The Balaban J connectivity index is 1.30. The smallest absolute Gasteiger partial charge is 0.340 e. The lowest BCUT2D eigenvalue weighted by atomic mass is 9.74. The summed E-state index contributed by atoms with van der Waals surface area (Å²) < 4.78 is 5.32. The molecule has 0 aliphatic carbocycles. The van der Waals surface area contributed by atoms with E-state index in [0.29, 0.717) is 29.7 Å². The summed E-state index contributed by atoms with van der Waals surface area (Å²) in [6.07, 6.45) is 4.98. The van der Waals surface area contributed by atoms with Crippen LogP contribution in [0.25, 0.3) is 0 Å². The van der Waals surface area contributed by atoms with Gasteiger partial charge in [-0.15, -0.1) is 0 Å². The van der Waals surface area contributed by atoms with Crippen molar-refractivity contribution in [1.82, 2.24) is 25.0 Å². The molecule has 2 bridgehead atoms. The second-order valence-corrected chi connectivity index (χ2v) is 8.95. The Morgan fingerprint density at radius 3 is 2.77 bits per heavy atom. The highest BCUT2D eigenvalue weighted by Gasteiger charge is 2.45. The minimum Gasteiger partial charge on any atom is -0.497 e. The fraction of sp³-hybridized carbons (Fsp3) is 0.591. The molecule has 1 aromatic heterocycles. The largest absolute Gasteiger partial charge is 0.497 e. The maximum atomic E-state index is 12.8. The monoisotopic (exact) mass is 411 g/mol. The molecule has 3 saturated heterocycles. The first kappa shape index (κ1) is 19.4. The number of H-pyrrole nitrogens is 2. The van der Waals surface area contributed by atoms with Gasteiger partial charge in [-0.2, -0.15) is 5.10 Å². The van der Waals surface area contributed by atoms with E-state index in [1.165, 1.54) is 31.2 Å². The fourth-order valence-corrected chi connectivity index (χ4v) is 5.84. The summed E-state index contributed by atoms with van der Waals surface area (Å²) in [5, 5.41) is 6.22. The van der Waals surface area contributed by atoms with E-state index >= 15 is 0 Å². The predicted molar refractivity (Wildman–Crippen MR) is 111 cm³/mol. The summed E-state index contributed by atoms with van der Waals surface area (Å²) in [4.78, 5) is 31.4. The molecule has 8 nitrogen and oxygen atoms in total. The Kier molecular flexibility index (Phi) is 5.10. The number of ether oxygens (including phenoxy) is 1. The van der Waals surface area contributed by atoms with E-state index in [-0.39, 0.29) is 18.0 Å². The Hall–Kier alpha value is -2.61. The van der Waals surface area contributed by atoms with E-state index in [9.17, 15) is 9.59 Å². The van der Waals surface area contributed by atoms with E-state index in [2.05, 4.69) is 44.3 Å². The molecule has 3 aliphatic heterocycles. The molecule has 3 fully saturated rings. The lowest BCUT2D eigenvalue weighted by molar-refractivity contribution is -0.138. The van der Waals surface area contributed by atoms with Gasteiger partial charge in [-0.05, 0) is 55.2 Å². The van der Waals surface area contributed by atoms with Crippen LogP contribution in [0.3, 0.4) is 0 Å². The van der Waals surface area contributed by atoms with Gasteiger partial charge in [0.15, 0.2) is 0 Å². The highest BCUT2D eigenvalue weighted by molar-refractivity contribution is 5.78. The van der Waals surface area contributed by atoms with Crippen molar-refractivity contribution in [3.05, 3.63) is 46.1 Å². The van der Waals surface area contributed by atoms with Gasteiger partial charge >= 0.3 is 5.69 Å². The van der Waals surface area contributed by atoms with E-state index in [4.69, 9.17) is 4.74 Å². The molecule has 0 unspecified atom stereocenters. The molecule has 1 amide bonds. The number of hydrogen-bond acceptors (Lipinski definition) is 5. The summed E-state index contributed by atoms with van der Waals surface area (Å²) in [7, 11) is 1.70. The number of piperidine rings is 3. The van der Waals surface area contributed by atoms with Gasteiger partial charge in [0, 0.05) is 31.7 Å². The molecule has 0 saturated carbocycles. The number of carbonyl (C=O) groups is 1. The van der Waals surface area contributed by atoms with E-state index < -0.39 is 0 Å². The van der Waals surface area contributed by atoms with Crippen LogP contribution in [-0.4, -0.2) is 63.7 Å². The standard InChI is InChI=1S/C22H29N5O3/c1-30-17-7-5-15(6-8-17)18-3-2-4-19-16-9-14(12-27(18)19)11-26(13-16)21(28)10-20-23-22(29)25-24-20/h5-8,14,16,18-19H,2-4,9-13H2,1H3,(H2,23,24,25,29)/t14-,16+,18+,19-/m0/s1. The van der Waals surface area contributed by atoms with Gasteiger partial charge in [0.2, 0.25) is 5.91 Å². The van der Waals surface area contributed by atoms with Gasteiger partial charge in [-0.1, -0.05) is 12.1 Å². The Bertz CT molecular complexity index is 952.